The molecule has 1 aliphatic heterocycles. The lowest BCUT2D eigenvalue weighted by molar-refractivity contribution is 0.181. The van der Waals surface area contributed by atoms with Gasteiger partial charge in [0.05, 0.1) is 17.2 Å². The Balaban J connectivity index is 0.00000341. The largest absolute Gasteiger partial charge is 0.356 e. The van der Waals surface area contributed by atoms with E-state index in [0.29, 0.717) is 0 Å². The van der Waals surface area contributed by atoms with E-state index >= 15 is 0 Å². The van der Waals surface area contributed by atoms with Crippen molar-refractivity contribution in [3.63, 3.8) is 0 Å². The van der Waals surface area contributed by atoms with Crippen molar-refractivity contribution in [1.82, 2.24) is 20.5 Å². The number of rotatable bonds is 9. The van der Waals surface area contributed by atoms with Crippen LogP contribution < -0.4 is 10.6 Å². The molecule has 7 heteroatoms. The summed E-state index contributed by atoms with van der Waals surface area (Å²) >= 11 is 1.75. The number of nitrogens with zero attached hydrogens (tertiary/aromatic N) is 3. The topological polar surface area (TPSA) is 52.6 Å². The molecule has 0 spiro atoms. The predicted molar refractivity (Wildman–Crippen MR) is 144 cm³/mol. The van der Waals surface area contributed by atoms with Gasteiger partial charge in [-0.1, -0.05) is 30.3 Å². The number of benzene rings is 1. The number of thiazole rings is 1. The molecule has 1 fully saturated rings. The number of hydrogen-bond donors (Lipinski definition) is 2. The molecule has 0 radical (unpaired) electrons. The standard InChI is InChI=1S/C24H37N5S.HI/c1-19-23(30-20(2)28-19)18-27-24(25-3)26-13-7-8-14-29-15-11-22(12-16-29)17-21-9-5-4-6-10-21;/h4-6,9-10,22H,7-8,11-18H2,1-3H3,(H2,25,26,27);1H. The van der Waals surface area contributed by atoms with Gasteiger partial charge in [-0.05, 0) is 77.1 Å². The first kappa shape index (κ1) is 26.1. The van der Waals surface area contributed by atoms with E-state index in [9.17, 15) is 0 Å². The van der Waals surface area contributed by atoms with Gasteiger partial charge in [0.25, 0.3) is 0 Å². The van der Waals surface area contributed by atoms with Crippen LogP contribution in [0.1, 0.15) is 46.8 Å². The summed E-state index contributed by atoms with van der Waals surface area (Å²) in [5.41, 5.74) is 2.61. The second-order valence-corrected chi connectivity index (χ2v) is 9.56. The van der Waals surface area contributed by atoms with Gasteiger partial charge in [0, 0.05) is 18.5 Å². The van der Waals surface area contributed by atoms with E-state index < -0.39 is 0 Å². The summed E-state index contributed by atoms with van der Waals surface area (Å²) in [6.45, 7) is 9.59. The van der Waals surface area contributed by atoms with E-state index in [0.717, 1.165) is 35.7 Å². The zero-order valence-electron chi connectivity index (χ0n) is 19.2. The Morgan fingerprint density at radius 1 is 1.13 bits per heavy atom. The summed E-state index contributed by atoms with van der Waals surface area (Å²) in [6, 6.07) is 11.0. The minimum atomic E-state index is 0. The fourth-order valence-electron chi connectivity index (χ4n) is 4.15. The van der Waals surface area contributed by atoms with Crippen molar-refractivity contribution in [2.45, 2.75) is 52.5 Å². The molecular weight excluding hydrogens is 517 g/mol. The third kappa shape index (κ3) is 9.06. The molecule has 0 amide bonds. The second kappa shape index (κ2) is 14.1. The molecule has 2 heterocycles. The highest BCUT2D eigenvalue weighted by Gasteiger charge is 2.18. The van der Waals surface area contributed by atoms with Gasteiger partial charge in [-0.2, -0.15) is 0 Å². The van der Waals surface area contributed by atoms with E-state index in [2.05, 4.69) is 69.7 Å². The van der Waals surface area contributed by atoms with Crippen LogP contribution in [0.25, 0.3) is 0 Å². The first-order chi connectivity index (χ1) is 14.6. The predicted octanol–water partition coefficient (Wildman–Crippen LogP) is 4.78. The van der Waals surface area contributed by atoms with Crippen molar-refractivity contribution < 1.29 is 0 Å². The van der Waals surface area contributed by atoms with E-state index in [1.54, 1.807) is 11.3 Å². The Bertz CT molecular complexity index is 785. The highest BCUT2D eigenvalue weighted by atomic mass is 127. The van der Waals surface area contributed by atoms with Gasteiger partial charge in [-0.15, -0.1) is 35.3 Å². The molecule has 1 aromatic carbocycles. The monoisotopic (exact) mass is 555 g/mol. The molecule has 31 heavy (non-hydrogen) atoms. The molecule has 0 unspecified atom stereocenters. The fourth-order valence-corrected chi connectivity index (χ4v) is 5.03. The van der Waals surface area contributed by atoms with Crippen LogP contribution in [0.5, 0.6) is 0 Å². The van der Waals surface area contributed by atoms with Crippen LogP contribution in [0.2, 0.25) is 0 Å². The third-order valence-corrected chi connectivity index (χ3v) is 6.98. The van der Waals surface area contributed by atoms with Crippen LogP contribution in [0.4, 0.5) is 0 Å². The maximum atomic E-state index is 4.48. The van der Waals surface area contributed by atoms with E-state index in [1.165, 1.54) is 62.2 Å². The zero-order valence-corrected chi connectivity index (χ0v) is 22.3. The zero-order chi connectivity index (χ0) is 21.2. The third-order valence-electron chi connectivity index (χ3n) is 5.91. The fraction of sp³-hybridized carbons (Fsp3) is 0.583. The molecule has 1 aromatic heterocycles. The first-order valence-corrected chi connectivity index (χ1v) is 12.1. The van der Waals surface area contributed by atoms with Crippen LogP contribution in [-0.2, 0) is 13.0 Å². The van der Waals surface area contributed by atoms with Gasteiger partial charge in [-0.3, -0.25) is 4.99 Å². The summed E-state index contributed by atoms with van der Waals surface area (Å²) in [7, 11) is 1.83. The van der Waals surface area contributed by atoms with Crippen molar-refractivity contribution in [2.75, 3.05) is 33.2 Å². The number of aromatic nitrogens is 1. The normalized spacial score (nSPS) is 15.5. The van der Waals surface area contributed by atoms with Crippen molar-refractivity contribution in [3.8, 4) is 0 Å². The van der Waals surface area contributed by atoms with Crippen molar-refractivity contribution in [3.05, 3.63) is 51.5 Å². The highest BCUT2D eigenvalue weighted by Crippen LogP contribution is 2.21. The number of nitrogens with one attached hydrogen (secondary N) is 2. The molecule has 0 aliphatic carbocycles. The van der Waals surface area contributed by atoms with Gasteiger partial charge in [0.15, 0.2) is 5.96 Å². The number of unbranched alkanes of at least 4 members (excludes halogenated alkanes) is 1. The number of halogens is 1. The maximum Gasteiger partial charge on any atom is 0.191 e. The lowest BCUT2D eigenvalue weighted by atomic mass is 9.90. The molecule has 2 aromatic rings. The summed E-state index contributed by atoms with van der Waals surface area (Å²) < 4.78 is 0. The molecule has 0 atom stereocenters. The summed E-state index contributed by atoms with van der Waals surface area (Å²) in [5, 5.41) is 7.97. The van der Waals surface area contributed by atoms with Crippen molar-refractivity contribution in [1.29, 1.82) is 0 Å². The molecule has 1 aliphatic rings. The molecule has 172 valence electrons. The van der Waals surface area contributed by atoms with E-state index in [4.69, 9.17) is 0 Å². The number of aryl methyl sites for hydroxylation is 2. The van der Waals surface area contributed by atoms with Gasteiger partial charge >= 0.3 is 0 Å². The number of aliphatic imine (C=N–C) groups is 1. The quantitative estimate of drug-likeness (QED) is 0.203. The number of hydrogen-bond acceptors (Lipinski definition) is 4. The van der Waals surface area contributed by atoms with Crippen LogP contribution in [0.3, 0.4) is 0 Å². The van der Waals surface area contributed by atoms with Gasteiger partial charge in [-0.25, -0.2) is 4.98 Å². The minimum Gasteiger partial charge on any atom is -0.356 e. The van der Waals surface area contributed by atoms with E-state index in [-0.39, 0.29) is 24.0 Å². The Labute approximate surface area is 209 Å². The van der Waals surface area contributed by atoms with Crippen molar-refractivity contribution in [2.24, 2.45) is 10.9 Å². The van der Waals surface area contributed by atoms with E-state index in [1.807, 2.05) is 7.05 Å². The van der Waals surface area contributed by atoms with Gasteiger partial charge < -0.3 is 15.5 Å². The highest BCUT2D eigenvalue weighted by molar-refractivity contribution is 14.0. The molecular formula is C24H38IN5S. The molecule has 1 saturated heterocycles. The van der Waals surface area contributed by atoms with Crippen molar-refractivity contribution >= 4 is 41.3 Å². The Kier molecular flexibility index (Phi) is 11.8. The SMILES string of the molecule is CN=C(NCCCCN1CCC(Cc2ccccc2)CC1)NCc1sc(C)nc1C.I. The number of guanidine groups is 1. The van der Waals surface area contributed by atoms with Crippen LogP contribution in [-0.4, -0.2) is 49.1 Å². The molecule has 5 nitrogen and oxygen atoms in total. The lowest BCUT2D eigenvalue weighted by Crippen LogP contribution is -2.38. The van der Waals surface area contributed by atoms with Gasteiger partial charge in [0.2, 0.25) is 0 Å². The molecule has 0 saturated carbocycles. The Hall–Kier alpha value is -1.19. The molecule has 0 bridgehead atoms. The van der Waals surface area contributed by atoms with Crippen LogP contribution >= 0.6 is 35.3 Å². The molecule has 3 rings (SSSR count). The summed E-state index contributed by atoms with van der Waals surface area (Å²) in [5.74, 6) is 1.73. The van der Waals surface area contributed by atoms with Crippen LogP contribution in [0, 0.1) is 19.8 Å². The minimum absolute atomic E-state index is 0. The Morgan fingerprint density at radius 3 is 2.52 bits per heavy atom. The average molecular weight is 556 g/mol. The second-order valence-electron chi connectivity index (χ2n) is 8.28. The number of likely N-dealkylation sites (tertiary alicyclic amines) is 1. The lowest BCUT2D eigenvalue weighted by Gasteiger charge is -2.32. The number of piperidine rings is 1. The average Bonchev–Trinajstić information content (AvgIpc) is 3.09. The summed E-state index contributed by atoms with van der Waals surface area (Å²) in [4.78, 5) is 12.7. The summed E-state index contributed by atoms with van der Waals surface area (Å²) in [6.07, 6.45) is 6.32. The first-order valence-electron chi connectivity index (χ1n) is 11.3. The molecule has 2 N–H and O–H groups in total. The Morgan fingerprint density at radius 2 is 1.87 bits per heavy atom. The van der Waals surface area contributed by atoms with Crippen LogP contribution in [0.15, 0.2) is 35.3 Å². The van der Waals surface area contributed by atoms with Gasteiger partial charge in [0.1, 0.15) is 0 Å². The smallest absolute Gasteiger partial charge is 0.191 e. The maximum absolute atomic E-state index is 4.48.